The maximum Gasteiger partial charge on any atom is 0.251 e. The van der Waals surface area contributed by atoms with Crippen LogP contribution in [0.2, 0.25) is 0 Å². The summed E-state index contributed by atoms with van der Waals surface area (Å²) in [5.41, 5.74) is 3.72. The number of benzene rings is 2. The standard InChI is InChI=1S/C26H29N3O3S/c30-24(21-6-8-22(9-7-21)29-12-16-32-17-13-29)27-19-26(10-14-31-15-11-26)25-28-23(18-33-25)20-4-2-1-3-5-20/h1-9,18H,10-17,19H2,(H,27,30). The quantitative estimate of drug-likeness (QED) is 0.596. The molecule has 5 rings (SSSR count). The number of thiazole rings is 1. The van der Waals surface area contributed by atoms with Crippen LogP contribution in [0.4, 0.5) is 5.69 Å². The molecule has 2 fully saturated rings. The van der Waals surface area contributed by atoms with Crippen molar-refractivity contribution >= 4 is 22.9 Å². The Morgan fingerprint density at radius 1 is 0.970 bits per heavy atom. The van der Waals surface area contributed by atoms with Gasteiger partial charge in [0.1, 0.15) is 5.01 Å². The summed E-state index contributed by atoms with van der Waals surface area (Å²) in [5, 5.41) is 6.39. The third-order valence-corrected chi connectivity index (χ3v) is 7.66. The summed E-state index contributed by atoms with van der Waals surface area (Å²) in [6, 6.07) is 18.1. The van der Waals surface area contributed by atoms with Gasteiger partial charge in [0.2, 0.25) is 0 Å². The number of hydrogen-bond acceptors (Lipinski definition) is 6. The van der Waals surface area contributed by atoms with Crippen molar-refractivity contribution < 1.29 is 14.3 Å². The molecule has 2 aliphatic heterocycles. The maximum absolute atomic E-state index is 13.0. The number of nitrogens with zero attached hydrogens (tertiary/aromatic N) is 2. The first kappa shape index (κ1) is 22.1. The first-order valence-corrected chi connectivity index (χ1v) is 12.4. The zero-order valence-corrected chi connectivity index (χ0v) is 19.5. The van der Waals surface area contributed by atoms with Gasteiger partial charge in [0.15, 0.2) is 0 Å². The number of hydrogen-bond donors (Lipinski definition) is 1. The van der Waals surface area contributed by atoms with E-state index in [1.54, 1.807) is 11.3 Å². The molecular weight excluding hydrogens is 434 g/mol. The highest BCUT2D eigenvalue weighted by Gasteiger charge is 2.37. The van der Waals surface area contributed by atoms with Gasteiger partial charge >= 0.3 is 0 Å². The molecule has 7 heteroatoms. The van der Waals surface area contributed by atoms with E-state index in [1.165, 1.54) is 0 Å². The highest BCUT2D eigenvalue weighted by Crippen LogP contribution is 2.38. The molecule has 2 aliphatic rings. The van der Waals surface area contributed by atoms with Crippen LogP contribution in [0.25, 0.3) is 11.3 Å². The van der Waals surface area contributed by atoms with Gasteiger partial charge in [0.25, 0.3) is 5.91 Å². The van der Waals surface area contributed by atoms with Crippen LogP contribution in [-0.4, -0.2) is 57.0 Å². The largest absolute Gasteiger partial charge is 0.381 e. The second kappa shape index (κ2) is 10.0. The zero-order valence-electron chi connectivity index (χ0n) is 18.7. The summed E-state index contributed by atoms with van der Waals surface area (Å²) in [6.07, 6.45) is 1.70. The average Bonchev–Trinajstić information content (AvgIpc) is 3.40. The number of anilines is 1. The van der Waals surface area contributed by atoms with Gasteiger partial charge in [-0.25, -0.2) is 4.98 Å². The second-order valence-corrected chi connectivity index (χ2v) is 9.48. The Morgan fingerprint density at radius 2 is 1.67 bits per heavy atom. The average molecular weight is 464 g/mol. The van der Waals surface area contributed by atoms with Gasteiger partial charge in [-0.1, -0.05) is 30.3 Å². The van der Waals surface area contributed by atoms with E-state index in [9.17, 15) is 4.79 Å². The smallest absolute Gasteiger partial charge is 0.251 e. The normalized spacial score (nSPS) is 18.1. The van der Waals surface area contributed by atoms with Crippen LogP contribution in [0, 0.1) is 0 Å². The van der Waals surface area contributed by atoms with Gasteiger partial charge in [0, 0.05) is 60.5 Å². The van der Waals surface area contributed by atoms with Crippen molar-refractivity contribution in [2.24, 2.45) is 0 Å². The SMILES string of the molecule is O=C(NCC1(c2nc(-c3ccccc3)cs2)CCOCC1)c1ccc(N2CCOCC2)cc1. The number of amides is 1. The first-order valence-electron chi connectivity index (χ1n) is 11.5. The van der Waals surface area contributed by atoms with Crippen LogP contribution in [0.3, 0.4) is 0 Å². The number of nitrogens with one attached hydrogen (secondary N) is 1. The van der Waals surface area contributed by atoms with Crippen molar-refractivity contribution in [3.05, 3.63) is 70.5 Å². The Kier molecular flexibility index (Phi) is 6.71. The molecule has 6 nitrogen and oxygen atoms in total. The number of rotatable bonds is 6. The Balaban J connectivity index is 1.28. The van der Waals surface area contributed by atoms with Crippen molar-refractivity contribution in [2.75, 3.05) is 51.0 Å². The van der Waals surface area contributed by atoms with E-state index in [1.807, 2.05) is 42.5 Å². The lowest BCUT2D eigenvalue weighted by molar-refractivity contribution is 0.0486. The topological polar surface area (TPSA) is 63.7 Å². The predicted octanol–water partition coefficient (Wildman–Crippen LogP) is 4.12. The minimum atomic E-state index is -0.195. The molecule has 1 N–H and O–H groups in total. The monoisotopic (exact) mass is 463 g/mol. The second-order valence-electron chi connectivity index (χ2n) is 8.63. The van der Waals surface area contributed by atoms with Crippen molar-refractivity contribution in [3.8, 4) is 11.3 Å². The molecule has 0 saturated carbocycles. The van der Waals surface area contributed by atoms with E-state index in [-0.39, 0.29) is 11.3 Å². The van der Waals surface area contributed by atoms with Gasteiger partial charge in [0.05, 0.1) is 18.9 Å². The molecule has 1 aromatic heterocycles. The fourth-order valence-corrected chi connectivity index (χ4v) is 5.57. The Bertz CT molecular complexity index is 1060. The van der Waals surface area contributed by atoms with E-state index in [0.29, 0.717) is 25.3 Å². The van der Waals surface area contributed by atoms with Crippen LogP contribution in [0.15, 0.2) is 60.0 Å². The zero-order chi connectivity index (χ0) is 22.5. The number of aromatic nitrogens is 1. The number of ether oxygens (including phenoxy) is 2. The van der Waals surface area contributed by atoms with Gasteiger partial charge in [-0.2, -0.15) is 0 Å². The minimum absolute atomic E-state index is 0.0470. The van der Waals surface area contributed by atoms with Crippen LogP contribution < -0.4 is 10.2 Å². The molecule has 0 aliphatic carbocycles. The summed E-state index contributed by atoms with van der Waals surface area (Å²) in [7, 11) is 0. The van der Waals surface area contributed by atoms with E-state index in [4.69, 9.17) is 14.5 Å². The summed E-state index contributed by atoms with van der Waals surface area (Å²) in [6.45, 7) is 5.19. The third kappa shape index (κ3) is 4.95. The number of carbonyl (C=O) groups excluding carboxylic acids is 1. The molecule has 0 atom stereocenters. The Labute approximate surface area is 198 Å². The highest BCUT2D eigenvalue weighted by atomic mass is 32.1. The molecule has 0 spiro atoms. The van der Waals surface area contributed by atoms with Gasteiger partial charge in [-0.3, -0.25) is 4.79 Å². The molecule has 0 unspecified atom stereocenters. The summed E-state index contributed by atoms with van der Waals surface area (Å²) >= 11 is 1.68. The van der Waals surface area contributed by atoms with Gasteiger partial charge in [-0.05, 0) is 37.1 Å². The molecule has 0 radical (unpaired) electrons. The Hall–Kier alpha value is -2.74. The van der Waals surface area contributed by atoms with Gasteiger partial charge in [-0.15, -0.1) is 11.3 Å². The van der Waals surface area contributed by atoms with Crippen LogP contribution >= 0.6 is 11.3 Å². The molecule has 2 aromatic carbocycles. The van der Waals surface area contributed by atoms with E-state index in [2.05, 4.69) is 27.7 Å². The molecule has 3 aromatic rings. The van der Waals surface area contributed by atoms with E-state index < -0.39 is 0 Å². The number of morpholine rings is 1. The molecular formula is C26H29N3O3S. The molecule has 172 valence electrons. The third-order valence-electron chi connectivity index (χ3n) is 6.57. The predicted molar refractivity (Wildman–Crippen MR) is 131 cm³/mol. The van der Waals surface area contributed by atoms with Crippen molar-refractivity contribution in [1.82, 2.24) is 10.3 Å². The summed E-state index contributed by atoms with van der Waals surface area (Å²) in [5.74, 6) is -0.0470. The lowest BCUT2D eigenvalue weighted by Crippen LogP contribution is -2.44. The summed E-state index contributed by atoms with van der Waals surface area (Å²) < 4.78 is 11.1. The van der Waals surface area contributed by atoms with Crippen LogP contribution in [0.1, 0.15) is 28.2 Å². The molecule has 33 heavy (non-hydrogen) atoms. The molecule has 1 amide bonds. The Morgan fingerprint density at radius 3 is 2.39 bits per heavy atom. The van der Waals surface area contributed by atoms with Crippen molar-refractivity contribution in [2.45, 2.75) is 18.3 Å². The lowest BCUT2D eigenvalue weighted by Gasteiger charge is -2.35. The molecule has 0 bridgehead atoms. The minimum Gasteiger partial charge on any atom is -0.381 e. The van der Waals surface area contributed by atoms with Crippen LogP contribution in [0.5, 0.6) is 0 Å². The first-order chi connectivity index (χ1) is 16.2. The lowest BCUT2D eigenvalue weighted by atomic mass is 9.80. The fraction of sp³-hybridized carbons (Fsp3) is 0.385. The number of carbonyl (C=O) groups is 1. The summed E-state index contributed by atoms with van der Waals surface area (Å²) in [4.78, 5) is 20.3. The molecule has 2 saturated heterocycles. The van der Waals surface area contributed by atoms with Crippen molar-refractivity contribution in [1.29, 1.82) is 0 Å². The maximum atomic E-state index is 13.0. The highest BCUT2D eigenvalue weighted by molar-refractivity contribution is 7.10. The van der Waals surface area contributed by atoms with E-state index >= 15 is 0 Å². The molecule has 3 heterocycles. The van der Waals surface area contributed by atoms with E-state index in [0.717, 1.165) is 61.1 Å². The van der Waals surface area contributed by atoms with Gasteiger partial charge < -0.3 is 19.7 Å². The van der Waals surface area contributed by atoms with Crippen molar-refractivity contribution in [3.63, 3.8) is 0 Å². The fourth-order valence-electron chi connectivity index (χ4n) is 4.48. The van der Waals surface area contributed by atoms with Crippen LogP contribution in [-0.2, 0) is 14.9 Å².